The molecule has 36 heavy (non-hydrogen) atoms. The summed E-state index contributed by atoms with van der Waals surface area (Å²) in [5.74, 6) is -0.0833. The number of hydrogen-bond acceptors (Lipinski definition) is 7. The van der Waals surface area contributed by atoms with Gasteiger partial charge in [0.15, 0.2) is 6.61 Å². The summed E-state index contributed by atoms with van der Waals surface area (Å²) in [6.45, 7) is 4.35. The molecule has 1 atom stereocenters. The van der Waals surface area contributed by atoms with Gasteiger partial charge in [-0.2, -0.15) is 8.78 Å². The number of aryl methyl sites for hydroxylation is 2. The van der Waals surface area contributed by atoms with Crippen LogP contribution in [0.15, 0.2) is 46.3 Å². The highest BCUT2D eigenvalue weighted by molar-refractivity contribution is 6.36. The van der Waals surface area contributed by atoms with E-state index in [-0.39, 0.29) is 22.9 Å². The molecule has 1 aromatic carbocycles. The van der Waals surface area contributed by atoms with E-state index in [1.54, 1.807) is 31.4 Å². The van der Waals surface area contributed by atoms with E-state index >= 15 is 0 Å². The lowest BCUT2D eigenvalue weighted by molar-refractivity contribution is -0.0214. The van der Waals surface area contributed by atoms with E-state index in [1.165, 1.54) is 16.7 Å². The minimum atomic E-state index is -3.01. The van der Waals surface area contributed by atoms with Crippen LogP contribution in [0, 0.1) is 6.92 Å². The number of rotatable bonds is 4. The highest BCUT2D eigenvalue weighted by Crippen LogP contribution is 2.45. The number of hydrogen-bond donors (Lipinski definition) is 1. The van der Waals surface area contributed by atoms with Gasteiger partial charge in [-0.1, -0.05) is 12.1 Å². The van der Waals surface area contributed by atoms with Crippen molar-refractivity contribution < 1.29 is 13.5 Å². The maximum absolute atomic E-state index is 14.3. The summed E-state index contributed by atoms with van der Waals surface area (Å²) in [7, 11) is 1.71. The molecule has 3 aliphatic rings. The Hall–Kier alpha value is -4.08. The second-order valence-electron chi connectivity index (χ2n) is 9.22. The van der Waals surface area contributed by atoms with Crippen molar-refractivity contribution >= 4 is 29.1 Å². The average molecular weight is 491 g/mol. The Balaban J connectivity index is 1.45. The summed E-state index contributed by atoms with van der Waals surface area (Å²) in [6, 6.07) is 7.77. The number of para-hydroxylation sites is 1. The number of aliphatic imine (C=N–C) groups is 1. The number of ether oxygens (including phenoxy) is 1. The smallest absolute Gasteiger partial charge is 0.310 e. The molecule has 1 N–H and O–H groups in total. The van der Waals surface area contributed by atoms with Gasteiger partial charge in [-0.05, 0) is 32.1 Å². The van der Waals surface area contributed by atoms with E-state index in [4.69, 9.17) is 14.7 Å². The van der Waals surface area contributed by atoms with Crippen LogP contribution in [0.1, 0.15) is 41.0 Å². The van der Waals surface area contributed by atoms with Crippen molar-refractivity contribution in [3.8, 4) is 5.75 Å². The fourth-order valence-corrected chi connectivity index (χ4v) is 4.94. The molecule has 0 amide bonds. The van der Waals surface area contributed by atoms with E-state index in [0.29, 0.717) is 30.3 Å². The Labute approximate surface area is 206 Å². The predicted molar refractivity (Wildman–Crippen MR) is 134 cm³/mol. The summed E-state index contributed by atoms with van der Waals surface area (Å²) >= 11 is 0. The van der Waals surface area contributed by atoms with Crippen molar-refractivity contribution in [2.24, 2.45) is 12.0 Å². The zero-order valence-corrected chi connectivity index (χ0v) is 20.0. The Bertz CT molecular complexity index is 1530. The van der Waals surface area contributed by atoms with Crippen LogP contribution in [0.25, 0.3) is 11.6 Å². The van der Waals surface area contributed by atoms with E-state index in [0.717, 1.165) is 28.4 Å². The van der Waals surface area contributed by atoms with Gasteiger partial charge in [0, 0.05) is 42.6 Å². The van der Waals surface area contributed by atoms with Gasteiger partial charge >= 0.3 is 5.92 Å². The summed E-state index contributed by atoms with van der Waals surface area (Å²) in [5, 5.41) is 3.41. The molecule has 2 aromatic heterocycles. The highest BCUT2D eigenvalue weighted by Gasteiger charge is 2.43. The predicted octanol–water partition coefficient (Wildman–Crippen LogP) is 3.91. The number of halogens is 2. The first-order valence-electron chi connectivity index (χ1n) is 11.7. The van der Waals surface area contributed by atoms with Crippen LogP contribution in [0.5, 0.6) is 5.75 Å². The van der Waals surface area contributed by atoms with E-state index < -0.39 is 12.5 Å². The number of fused-ring (bicyclic) bond motifs is 4. The Kier molecular flexibility index (Phi) is 4.96. The van der Waals surface area contributed by atoms with E-state index in [2.05, 4.69) is 15.2 Å². The van der Waals surface area contributed by atoms with Gasteiger partial charge in [0.1, 0.15) is 29.0 Å². The summed E-state index contributed by atoms with van der Waals surface area (Å²) < 4.78 is 35.4. The quantitative estimate of drug-likeness (QED) is 0.597. The topological polar surface area (TPSA) is 84.6 Å². The van der Waals surface area contributed by atoms with Crippen molar-refractivity contribution in [2.45, 2.75) is 25.8 Å². The minimum Gasteiger partial charge on any atom is -0.486 e. The maximum atomic E-state index is 14.3. The van der Waals surface area contributed by atoms with Crippen molar-refractivity contribution in [1.29, 1.82) is 0 Å². The Morgan fingerprint density at radius 2 is 2.03 bits per heavy atom. The zero-order valence-electron chi connectivity index (χ0n) is 20.0. The van der Waals surface area contributed by atoms with Crippen LogP contribution >= 0.6 is 0 Å². The van der Waals surface area contributed by atoms with Gasteiger partial charge < -0.3 is 19.5 Å². The van der Waals surface area contributed by atoms with Crippen LogP contribution in [0.3, 0.4) is 0 Å². The van der Waals surface area contributed by atoms with Crippen LogP contribution in [0.4, 0.5) is 20.4 Å². The van der Waals surface area contributed by atoms with Gasteiger partial charge in [0.25, 0.3) is 0 Å². The number of nitrogens with one attached hydrogen (secondary N) is 1. The monoisotopic (exact) mass is 490 g/mol. The molecule has 0 bridgehead atoms. The number of benzene rings is 1. The molecular formula is C26H24F2N6O2. The second kappa shape index (κ2) is 7.97. The van der Waals surface area contributed by atoms with Gasteiger partial charge in [-0.25, -0.2) is 9.97 Å². The number of aromatic nitrogens is 3. The molecular weight excluding hydrogens is 466 g/mol. The van der Waals surface area contributed by atoms with Gasteiger partial charge in [-0.3, -0.25) is 9.79 Å². The van der Waals surface area contributed by atoms with E-state index in [9.17, 15) is 13.6 Å². The normalized spacial score (nSPS) is 18.0. The van der Waals surface area contributed by atoms with Crippen LogP contribution < -0.4 is 20.5 Å². The molecule has 184 valence electrons. The molecule has 0 saturated carbocycles. The lowest BCUT2D eigenvalue weighted by Gasteiger charge is -2.29. The average Bonchev–Trinajstić information content (AvgIpc) is 3.45. The van der Waals surface area contributed by atoms with Gasteiger partial charge in [0.2, 0.25) is 5.56 Å². The largest absolute Gasteiger partial charge is 0.486 e. The van der Waals surface area contributed by atoms with Crippen molar-refractivity contribution in [3.63, 3.8) is 0 Å². The third-order valence-electron chi connectivity index (χ3n) is 6.72. The SMILES string of the molecule is Cc1nc(N[C@H](C)c2cccc3c2OCC3(F)F)c2c(n1)N1CCN=C1C(c1ccc(=O)n(C)c1)=C2. The number of pyridine rings is 1. The van der Waals surface area contributed by atoms with Crippen LogP contribution in [-0.4, -0.2) is 40.1 Å². The number of anilines is 2. The first-order chi connectivity index (χ1) is 17.2. The number of amidine groups is 1. The summed E-state index contributed by atoms with van der Waals surface area (Å²) in [4.78, 5) is 28.1. The molecule has 0 radical (unpaired) electrons. The minimum absolute atomic E-state index is 0.0932. The molecule has 0 saturated heterocycles. The molecule has 8 nitrogen and oxygen atoms in total. The van der Waals surface area contributed by atoms with Crippen molar-refractivity contribution in [3.05, 3.63) is 75.0 Å². The number of alkyl halides is 2. The lowest BCUT2D eigenvalue weighted by Crippen LogP contribution is -2.33. The van der Waals surface area contributed by atoms with E-state index in [1.807, 2.05) is 19.9 Å². The zero-order chi connectivity index (χ0) is 25.2. The molecule has 10 heteroatoms. The molecule has 0 spiro atoms. The van der Waals surface area contributed by atoms with Crippen LogP contribution in [-0.2, 0) is 13.0 Å². The molecule has 0 fully saturated rings. The van der Waals surface area contributed by atoms with Crippen molar-refractivity contribution in [2.75, 3.05) is 29.9 Å². The molecule has 3 aliphatic heterocycles. The third kappa shape index (κ3) is 3.47. The van der Waals surface area contributed by atoms with Crippen LogP contribution in [0.2, 0.25) is 0 Å². The first kappa shape index (κ1) is 22.4. The molecule has 0 unspecified atom stereocenters. The maximum Gasteiger partial charge on any atom is 0.310 e. The highest BCUT2D eigenvalue weighted by atomic mass is 19.3. The lowest BCUT2D eigenvalue weighted by atomic mass is 9.98. The standard InChI is InChI=1S/C26H24F2N6O2/c1-14(17-5-4-6-20-22(17)36-13-26(20,27)28)30-23-19-11-18(16-7-8-21(35)33(3)12-16)24-29-9-10-34(24)25(19)32-15(2)31-23/h4-8,11-12,14H,9-10,13H2,1-3H3,(H,30,31,32)/t14-/m1/s1. The number of nitrogens with zero attached hydrogens (tertiary/aromatic N) is 5. The summed E-state index contributed by atoms with van der Waals surface area (Å²) in [5.41, 5.74) is 2.93. The van der Waals surface area contributed by atoms with Gasteiger partial charge in [0.05, 0.1) is 23.7 Å². The Morgan fingerprint density at radius 1 is 1.19 bits per heavy atom. The van der Waals surface area contributed by atoms with Crippen molar-refractivity contribution in [1.82, 2.24) is 14.5 Å². The summed E-state index contributed by atoms with van der Waals surface area (Å²) in [6.07, 6.45) is 3.76. The first-order valence-corrected chi connectivity index (χ1v) is 11.7. The fourth-order valence-electron chi connectivity index (χ4n) is 4.94. The fraction of sp³-hybridized carbons (Fsp3) is 0.308. The third-order valence-corrected chi connectivity index (χ3v) is 6.72. The van der Waals surface area contributed by atoms with Gasteiger partial charge in [-0.15, -0.1) is 0 Å². The second-order valence-corrected chi connectivity index (χ2v) is 9.22. The molecule has 5 heterocycles. The Morgan fingerprint density at radius 3 is 2.83 bits per heavy atom. The molecule has 6 rings (SSSR count). The molecule has 3 aromatic rings. The molecule has 0 aliphatic carbocycles.